The zero-order valence-corrected chi connectivity index (χ0v) is 12.8. The summed E-state index contributed by atoms with van der Waals surface area (Å²) in [6.45, 7) is 2.34. The Morgan fingerprint density at radius 1 is 1.17 bits per heavy atom. The van der Waals surface area contributed by atoms with E-state index in [2.05, 4.69) is 10.2 Å². The largest absolute Gasteiger partial charge is 0.462 e. The normalized spacial score (nSPS) is 19.0. The van der Waals surface area contributed by atoms with Crippen LogP contribution in [0.25, 0.3) is 0 Å². The van der Waals surface area contributed by atoms with Gasteiger partial charge in [0.05, 0.1) is 6.54 Å². The number of nitrogens with one attached hydrogen (secondary N) is 1. The predicted octanol–water partition coefficient (Wildman–Crippen LogP) is 3.13. The second-order valence-corrected chi connectivity index (χ2v) is 5.87. The maximum absolute atomic E-state index is 13.3. The summed E-state index contributed by atoms with van der Waals surface area (Å²) in [6.07, 6.45) is 2.00. The second-order valence-electron chi connectivity index (χ2n) is 5.87. The molecule has 2 N–H and O–H groups in total. The average Bonchev–Trinajstić information content (AvgIpc) is 2.99. The van der Waals surface area contributed by atoms with E-state index in [9.17, 15) is 8.78 Å². The standard InChI is InChI=1S/C17H20F2N2O2/c18-16-6-3-12(8-17(16)19)20-13-2-1-7-21(9-13)10-14-4-5-15(11-22)23-14/h3-6,8,13,20,22H,1-2,7,9-11H2. The van der Waals surface area contributed by atoms with Gasteiger partial charge in [-0.15, -0.1) is 0 Å². The Balaban J connectivity index is 1.58. The van der Waals surface area contributed by atoms with Crippen molar-refractivity contribution in [1.82, 2.24) is 4.90 Å². The number of aliphatic hydroxyl groups is 1. The molecule has 1 aliphatic rings. The van der Waals surface area contributed by atoms with Gasteiger partial charge in [-0.3, -0.25) is 4.90 Å². The summed E-state index contributed by atoms with van der Waals surface area (Å²) in [4.78, 5) is 2.25. The van der Waals surface area contributed by atoms with E-state index >= 15 is 0 Å². The molecule has 0 radical (unpaired) electrons. The first kappa shape index (κ1) is 16.0. The fourth-order valence-electron chi connectivity index (χ4n) is 2.95. The number of likely N-dealkylation sites (tertiary alicyclic amines) is 1. The van der Waals surface area contributed by atoms with Crippen LogP contribution in [-0.2, 0) is 13.2 Å². The van der Waals surface area contributed by atoms with Crippen molar-refractivity contribution in [2.45, 2.75) is 32.0 Å². The van der Waals surface area contributed by atoms with Crippen molar-refractivity contribution in [2.24, 2.45) is 0 Å². The van der Waals surface area contributed by atoms with E-state index in [0.717, 1.165) is 37.8 Å². The van der Waals surface area contributed by atoms with Gasteiger partial charge in [0.2, 0.25) is 0 Å². The fraction of sp³-hybridized carbons (Fsp3) is 0.412. The second kappa shape index (κ2) is 7.10. The van der Waals surface area contributed by atoms with Crippen LogP contribution in [-0.4, -0.2) is 29.1 Å². The third-order valence-electron chi connectivity index (χ3n) is 4.05. The SMILES string of the molecule is OCc1ccc(CN2CCCC(Nc3ccc(F)c(F)c3)C2)o1. The molecule has 2 heterocycles. The lowest BCUT2D eigenvalue weighted by molar-refractivity contribution is 0.186. The van der Waals surface area contributed by atoms with Crippen LogP contribution in [0.3, 0.4) is 0 Å². The highest BCUT2D eigenvalue weighted by atomic mass is 19.2. The highest BCUT2D eigenvalue weighted by Crippen LogP contribution is 2.20. The van der Waals surface area contributed by atoms with Crippen molar-refractivity contribution in [1.29, 1.82) is 0 Å². The number of piperidine rings is 1. The molecule has 6 heteroatoms. The zero-order valence-electron chi connectivity index (χ0n) is 12.8. The molecular weight excluding hydrogens is 302 g/mol. The molecule has 0 aliphatic carbocycles. The van der Waals surface area contributed by atoms with Crippen LogP contribution in [0.5, 0.6) is 0 Å². The first-order valence-corrected chi connectivity index (χ1v) is 7.76. The molecule has 1 unspecified atom stereocenters. The van der Waals surface area contributed by atoms with E-state index in [1.54, 1.807) is 12.1 Å². The summed E-state index contributed by atoms with van der Waals surface area (Å²) < 4.78 is 31.8. The third-order valence-corrected chi connectivity index (χ3v) is 4.05. The van der Waals surface area contributed by atoms with E-state index in [1.807, 2.05) is 6.07 Å². The van der Waals surface area contributed by atoms with Gasteiger partial charge in [0, 0.05) is 24.3 Å². The molecule has 2 aromatic rings. The number of aliphatic hydroxyl groups excluding tert-OH is 1. The maximum atomic E-state index is 13.3. The molecule has 4 nitrogen and oxygen atoms in total. The van der Waals surface area contributed by atoms with E-state index in [4.69, 9.17) is 9.52 Å². The van der Waals surface area contributed by atoms with Crippen molar-refractivity contribution >= 4 is 5.69 Å². The molecule has 124 valence electrons. The Bertz CT molecular complexity index is 660. The highest BCUT2D eigenvalue weighted by molar-refractivity contribution is 5.44. The van der Waals surface area contributed by atoms with Gasteiger partial charge in [0.1, 0.15) is 18.1 Å². The van der Waals surface area contributed by atoms with Gasteiger partial charge < -0.3 is 14.8 Å². The smallest absolute Gasteiger partial charge is 0.160 e. The summed E-state index contributed by atoms with van der Waals surface area (Å²) in [5.41, 5.74) is 0.594. The molecule has 0 saturated carbocycles. The number of anilines is 1. The van der Waals surface area contributed by atoms with Gasteiger partial charge in [-0.1, -0.05) is 0 Å². The number of benzene rings is 1. The Morgan fingerprint density at radius 2 is 2.00 bits per heavy atom. The minimum absolute atomic E-state index is 0.0969. The predicted molar refractivity (Wildman–Crippen MR) is 82.9 cm³/mol. The number of hydrogen-bond acceptors (Lipinski definition) is 4. The van der Waals surface area contributed by atoms with Crippen LogP contribution >= 0.6 is 0 Å². The molecule has 0 amide bonds. The molecule has 1 atom stereocenters. The van der Waals surface area contributed by atoms with Crippen LogP contribution in [0.15, 0.2) is 34.7 Å². The Morgan fingerprint density at radius 3 is 2.74 bits per heavy atom. The van der Waals surface area contributed by atoms with Gasteiger partial charge in [0.25, 0.3) is 0 Å². The molecule has 0 bridgehead atoms. The lowest BCUT2D eigenvalue weighted by Crippen LogP contribution is -2.41. The molecule has 1 saturated heterocycles. The van der Waals surface area contributed by atoms with E-state index in [-0.39, 0.29) is 12.6 Å². The molecule has 1 fully saturated rings. The van der Waals surface area contributed by atoms with Gasteiger partial charge in [-0.2, -0.15) is 0 Å². The summed E-state index contributed by atoms with van der Waals surface area (Å²) in [7, 11) is 0. The van der Waals surface area contributed by atoms with Crippen molar-refractivity contribution in [3.63, 3.8) is 0 Å². The minimum atomic E-state index is -0.838. The molecule has 1 aromatic carbocycles. The topological polar surface area (TPSA) is 48.6 Å². The first-order valence-electron chi connectivity index (χ1n) is 7.76. The van der Waals surface area contributed by atoms with Crippen LogP contribution in [0, 0.1) is 11.6 Å². The van der Waals surface area contributed by atoms with Crippen LogP contribution < -0.4 is 5.32 Å². The highest BCUT2D eigenvalue weighted by Gasteiger charge is 2.21. The van der Waals surface area contributed by atoms with Crippen molar-refractivity contribution in [2.75, 3.05) is 18.4 Å². The van der Waals surface area contributed by atoms with E-state index < -0.39 is 11.6 Å². The fourth-order valence-corrected chi connectivity index (χ4v) is 2.95. The quantitative estimate of drug-likeness (QED) is 0.888. The lowest BCUT2D eigenvalue weighted by atomic mass is 10.1. The maximum Gasteiger partial charge on any atom is 0.160 e. The zero-order chi connectivity index (χ0) is 16.2. The molecule has 3 rings (SSSR count). The van der Waals surface area contributed by atoms with Gasteiger partial charge in [-0.05, 0) is 43.7 Å². The van der Waals surface area contributed by atoms with E-state index in [0.29, 0.717) is 18.0 Å². The van der Waals surface area contributed by atoms with Crippen molar-refractivity contribution < 1.29 is 18.3 Å². The summed E-state index contributed by atoms with van der Waals surface area (Å²) in [6, 6.07) is 7.71. The van der Waals surface area contributed by atoms with Crippen LogP contribution in [0.1, 0.15) is 24.4 Å². The van der Waals surface area contributed by atoms with Gasteiger partial charge in [-0.25, -0.2) is 8.78 Å². The summed E-state index contributed by atoms with van der Waals surface area (Å²) in [5, 5.41) is 12.3. The summed E-state index contributed by atoms with van der Waals surface area (Å²) in [5.74, 6) is -0.288. The van der Waals surface area contributed by atoms with E-state index in [1.165, 1.54) is 6.07 Å². The number of halogens is 2. The van der Waals surface area contributed by atoms with Gasteiger partial charge >= 0.3 is 0 Å². The van der Waals surface area contributed by atoms with Crippen molar-refractivity contribution in [3.8, 4) is 0 Å². The number of furan rings is 1. The minimum Gasteiger partial charge on any atom is -0.462 e. The Kier molecular flexibility index (Phi) is 4.93. The average molecular weight is 322 g/mol. The monoisotopic (exact) mass is 322 g/mol. The molecule has 0 spiro atoms. The van der Waals surface area contributed by atoms with Gasteiger partial charge in [0.15, 0.2) is 11.6 Å². The Labute approximate surface area is 133 Å². The third kappa shape index (κ3) is 4.09. The molecular formula is C17H20F2N2O2. The molecule has 1 aliphatic heterocycles. The Hall–Kier alpha value is -1.92. The number of nitrogens with zero attached hydrogens (tertiary/aromatic N) is 1. The van der Waals surface area contributed by atoms with Crippen molar-refractivity contribution in [3.05, 3.63) is 53.5 Å². The summed E-state index contributed by atoms with van der Waals surface area (Å²) >= 11 is 0. The molecule has 23 heavy (non-hydrogen) atoms. The van der Waals surface area contributed by atoms with Crippen LogP contribution in [0.4, 0.5) is 14.5 Å². The molecule has 1 aromatic heterocycles. The lowest BCUT2D eigenvalue weighted by Gasteiger charge is -2.33. The first-order chi connectivity index (χ1) is 11.1. The number of rotatable bonds is 5. The van der Waals surface area contributed by atoms with Crippen LogP contribution in [0.2, 0.25) is 0 Å². The number of hydrogen-bond donors (Lipinski definition) is 2.